The molecule has 0 heterocycles. The molecule has 0 bridgehead atoms. The lowest BCUT2D eigenvalue weighted by Crippen LogP contribution is -2.67. The number of aliphatic hydroxyl groups is 1. The maximum atomic E-state index is 14.4. The molecule has 0 aromatic heterocycles. The Morgan fingerprint density at radius 2 is 1.47 bits per heavy atom. The van der Waals surface area contributed by atoms with E-state index < -0.39 is 30.3 Å². The monoisotopic (exact) mass is 713 g/mol. The van der Waals surface area contributed by atoms with Crippen molar-refractivity contribution in [2.24, 2.45) is 56.7 Å². The van der Waals surface area contributed by atoms with E-state index in [0.717, 1.165) is 64.2 Å². The summed E-state index contributed by atoms with van der Waals surface area (Å²) in [6.07, 6.45) is 14.3. The Labute approximate surface area is 306 Å². The second-order valence-corrected chi connectivity index (χ2v) is 19.0. The number of carbonyl (C=O) groups excluding carboxylic acids is 2. The van der Waals surface area contributed by atoms with E-state index in [9.17, 15) is 24.3 Å². The Hall–Kier alpha value is -2.42. The zero-order valence-electron chi connectivity index (χ0n) is 32.5. The lowest BCUT2D eigenvalue weighted by Gasteiger charge is -2.72. The number of carbonyl (C=O) groups is 4. The summed E-state index contributed by atoms with van der Waals surface area (Å²) in [7, 11) is 0. The number of allylic oxidation sites excluding steroid dienone is 1. The lowest BCUT2D eigenvalue weighted by atomic mass is 9.32. The maximum absolute atomic E-state index is 14.4. The molecule has 51 heavy (non-hydrogen) atoms. The Balaban J connectivity index is 1.18. The summed E-state index contributed by atoms with van der Waals surface area (Å²) in [5.41, 5.74) is 1.45. The minimum atomic E-state index is -1.41. The number of aliphatic hydroxyl groups excluding tert-OH is 1. The fourth-order valence-corrected chi connectivity index (χ4v) is 13.5. The van der Waals surface area contributed by atoms with Gasteiger partial charge in [0.1, 0.15) is 6.04 Å². The SMILES string of the molecule is C=C(C)[C@@H]1CC[C@]2(C(=O)NCCCCCCCC(=O)N[C@@H](CC(=O)O)C(=O)O)CC[C@]3(C)[C@H](CC[C@@H]4[C@@]5(C)CC[C@H](O)C(C)(C)[C@@H]5CC[C@]43C)[C@@H]12. The van der Waals surface area contributed by atoms with Crippen LogP contribution in [0.15, 0.2) is 12.2 Å². The first-order valence-electron chi connectivity index (χ1n) is 20.2. The Morgan fingerprint density at radius 1 is 0.784 bits per heavy atom. The zero-order chi connectivity index (χ0) is 37.6. The van der Waals surface area contributed by atoms with Crippen LogP contribution in [-0.4, -0.2) is 57.8 Å². The van der Waals surface area contributed by atoms with Crippen molar-refractivity contribution in [1.29, 1.82) is 0 Å². The predicted octanol–water partition coefficient (Wildman–Crippen LogP) is 7.51. The first-order chi connectivity index (χ1) is 23.8. The molecule has 5 aliphatic rings. The third-order valence-corrected chi connectivity index (χ3v) is 16.4. The summed E-state index contributed by atoms with van der Waals surface area (Å²) in [4.78, 5) is 48.6. The van der Waals surface area contributed by atoms with Crippen molar-refractivity contribution in [3.05, 3.63) is 12.2 Å². The number of amides is 2. The summed E-state index contributed by atoms with van der Waals surface area (Å²) in [5.74, 6) is -0.445. The van der Waals surface area contributed by atoms with Gasteiger partial charge in [-0.2, -0.15) is 0 Å². The highest BCUT2D eigenvalue weighted by Crippen LogP contribution is 2.77. The molecule has 11 atom stereocenters. The van der Waals surface area contributed by atoms with Crippen LogP contribution >= 0.6 is 0 Å². The minimum absolute atomic E-state index is 0.0586. The van der Waals surface area contributed by atoms with Crippen molar-refractivity contribution in [1.82, 2.24) is 10.6 Å². The van der Waals surface area contributed by atoms with Gasteiger partial charge in [0.25, 0.3) is 0 Å². The minimum Gasteiger partial charge on any atom is -0.481 e. The molecule has 0 unspecified atom stereocenters. The van der Waals surface area contributed by atoms with Gasteiger partial charge in [0.05, 0.1) is 17.9 Å². The molecule has 5 rings (SSSR count). The van der Waals surface area contributed by atoms with Crippen molar-refractivity contribution in [2.75, 3.05) is 6.54 Å². The molecular weight excluding hydrogens is 644 g/mol. The van der Waals surface area contributed by atoms with Gasteiger partial charge in [0, 0.05) is 13.0 Å². The molecule has 5 N–H and O–H groups in total. The molecule has 288 valence electrons. The van der Waals surface area contributed by atoms with E-state index in [0.29, 0.717) is 42.6 Å². The maximum Gasteiger partial charge on any atom is 0.326 e. The van der Waals surface area contributed by atoms with Gasteiger partial charge < -0.3 is 26.0 Å². The fraction of sp³-hybridized carbons (Fsp3) is 0.857. The summed E-state index contributed by atoms with van der Waals surface area (Å²) >= 11 is 0. The molecule has 9 nitrogen and oxygen atoms in total. The largest absolute Gasteiger partial charge is 0.481 e. The van der Waals surface area contributed by atoms with Gasteiger partial charge in [-0.15, -0.1) is 0 Å². The normalized spacial score (nSPS) is 40.1. The first kappa shape index (κ1) is 39.8. The van der Waals surface area contributed by atoms with Gasteiger partial charge >= 0.3 is 11.9 Å². The molecule has 5 saturated carbocycles. The van der Waals surface area contributed by atoms with Crippen LogP contribution in [0.1, 0.15) is 151 Å². The van der Waals surface area contributed by atoms with Crippen LogP contribution in [0.2, 0.25) is 0 Å². The number of nitrogens with one attached hydrogen (secondary N) is 2. The van der Waals surface area contributed by atoms with E-state index in [4.69, 9.17) is 10.2 Å². The van der Waals surface area contributed by atoms with Crippen LogP contribution in [-0.2, 0) is 19.2 Å². The molecule has 2 amide bonds. The second kappa shape index (κ2) is 14.8. The number of unbranched alkanes of at least 4 members (excludes halogenated alkanes) is 4. The van der Waals surface area contributed by atoms with E-state index in [1.807, 2.05) is 0 Å². The van der Waals surface area contributed by atoms with E-state index in [2.05, 4.69) is 58.8 Å². The van der Waals surface area contributed by atoms with Crippen molar-refractivity contribution >= 4 is 23.8 Å². The number of hydrogen-bond donors (Lipinski definition) is 5. The molecular formula is C42H68N2O7. The van der Waals surface area contributed by atoms with Crippen LogP contribution in [0.25, 0.3) is 0 Å². The molecule has 0 aromatic carbocycles. The average molecular weight is 713 g/mol. The molecule has 0 aliphatic heterocycles. The average Bonchev–Trinajstić information content (AvgIpc) is 3.45. The van der Waals surface area contributed by atoms with Gasteiger partial charge in [-0.3, -0.25) is 14.4 Å². The standard InChI is InChI=1S/C42H68N2O7/c1-26(2)27-16-21-42(37(51)43-24-12-10-8-9-11-13-33(46)44-29(36(49)50)25-34(47)48)23-22-40(6)28(35(27)42)14-15-31-39(5)19-18-32(45)38(3,4)30(39)17-20-41(31,40)7/h27-32,35,45H,1,8-25H2,2-7H3,(H,43,51)(H,44,46)(H,47,48)(H,49,50)/t27-,28+,29-,30-,31+,32-,35+,39-,40+,41+,42-/m0/s1. The molecule has 0 radical (unpaired) electrons. The van der Waals surface area contributed by atoms with Gasteiger partial charge in [-0.05, 0) is 135 Å². The summed E-state index contributed by atoms with van der Waals surface area (Å²) in [5, 5.41) is 34.8. The van der Waals surface area contributed by atoms with E-state index in [1.165, 1.54) is 31.3 Å². The third-order valence-electron chi connectivity index (χ3n) is 16.4. The number of fused-ring (bicyclic) bond motifs is 7. The summed E-state index contributed by atoms with van der Waals surface area (Å²) in [6.45, 7) is 19.7. The van der Waals surface area contributed by atoms with Crippen molar-refractivity contribution in [2.45, 2.75) is 163 Å². The topological polar surface area (TPSA) is 153 Å². The van der Waals surface area contributed by atoms with Crippen LogP contribution < -0.4 is 10.6 Å². The van der Waals surface area contributed by atoms with E-state index >= 15 is 0 Å². The smallest absolute Gasteiger partial charge is 0.326 e. The van der Waals surface area contributed by atoms with Crippen molar-refractivity contribution in [3.8, 4) is 0 Å². The van der Waals surface area contributed by atoms with E-state index in [1.54, 1.807) is 0 Å². The molecule has 5 aliphatic carbocycles. The van der Waals surface area contributed by atoms with Crippen LogP contribution in [0.3, 0.4) is 0 Å². The molecule has 5 fully saturated rings. The number of hydrogen-bond acceptors (Lipinski definition) is 5. The Morgan fingerprint density at radius 3 is 2.14 bits per heavy atom. The number of aliphatic carboxylic acids is 2. The summed E-state index contributed by atoms with van der Waals surface area (Å²) < 4.78 is 0. The highest BCUT2D eigenvalue weighted by atomic mass is 16.4. The zero-order valence-corrected chi connectivity index (χ0v) is 32.5. The predicted molar refractivity (Wildman–Crippen MR) is 198 cm³/mol. The van der Waals surface area contributed by atoms with Crippen molar-refractivity contribution < 1.29 is 34.5 Å². The van der Waals surface area contributed by atoms with Gasteiger partial charge in [-0.25, -0.2) is 4.79 Å². The van der Waals surface area contributed by atoms with Crippen LogP contribution in [0, 0.1) is 56.7 Å². The van der Waals surface area contributed by atoms with Crippen LogP contribution in [0.5, 0.6) is 0 Å². The van der Waals surface area contributed by atoms with Crippen molar-refractivity contribution in [3.63, 3.8) is 0 Å². The summed E-state index contributed by atoms with van der Waals surface area (Å²) in [6, 6.07) is -1.41. The lowest BCUT2D eigenvalue weighted by molar-refractivity contribution is -0.246. The number of carboxylic acid groups (broad SMARTS) is 2. The van der Waals surface area contributed by atoms with Gasteiger partial charge in [0.2, 0.25) is 11.8 Å². The van der Waals surface area contributed by atoms with Gasteiger partial charge in [-0.1, -0.05) is 66.0 Å². The molecule has 0 spiro atoms. The number of rotatable bonds is 14. The quantitative estimate of drug-likeness (QED) is 0.0923. The third kappa shape index (κ3) is 6.91. The fourth-order valence-electron chi connectivity index (χ4n) is 13.5. The molecule has 9 heteroatoms. The highest BCUT2D eigenvalue weighted by Gasteiger charge is 2.71. The van der Waals surface area contributed by atoms with Gasteiger partial charge in [0.15, 0.2) is 0 Å². The Kier molecular flexibility index (Phi) is 11.5. The Bertz CT molecular complexity index is 1360. The van der Waals surface area contributed by atoms with Crippen LogP contribution in [0.4, 0.5) is 0 Å². The number of carboxylic acids is 2. The molecule has 0 saturated heterocycles. The first-order valence-corrected chi connectivity index (χ1v) is 20.2. The van der Waals surface area contributed by atoms with E-state index in [-0.39, 0.29) is 45.5 Å². The second-order valence-electron chi connectivity index (χ2n) is 19.0. The highest BCUT2D eigenvalue weighted by molar-refractivity contribution is 5.86. The molecule has 0 aromatic rings.